The van der Waals surface area contributed by atoms with Crippen LogP contribution in [0, 0.1) is 0 Å². The molecule has 0 radical (unpaired) electrons. The van der Waals surface area contributed by atoms with Crippen LogP contribution in [0.1, 0.15) is 5.56 Å². The summed E-state index contributed by atoms with van der Waals surface area (Å²) in [4.78, 5) is 22.7. The fourth-order valence-electron chi connectivity index (χ4n) is 1.31. The van der Waals surface area contributed by atoms with E-state index in [0.717, 1.165) is 17.9 Å². The number of rotatable bonds is 3. The van der Waals surface area contributed by atoms with Crippen LogP contribution >= 0.6 is 0 Å². The van der Waals surface area contributed by atoms with E-state index in [1.54, 1.807) is 12.1 Å². The summed E-state index contributed by atoms with van der Waals surface area (Å²) in [5, 5.41) is 9.10. The molecule has 1 N–H and O–H groups in total. The average molecular weight is 258 g/mol. The molecule has 1 heterocycles. The Balaban J connectivity index is 2.04. The maximum Gasteiger partial charge on any atom is 0.336 e. The lowest BCUT2D eigenvalue weighted by Gasteiger charge is -1.98. The summed E-state index contributed by atoms with van der Waals surface area (Å²) in [5.74, 6) is -0.712. The van der Waals surface area contributed by atoms with E-state index in [1.807, 2.05) is 0 Å². The summed E-state index contributed by atoms with van der Waals surface area (Å²) >= 11 is 0. The van der Waals surface area contributed by atoms with Crippen molar-refractivity contribution in [2.45, 2.75) is 0 Å². The normalized spacial score (nSPS) is 10.5. The van der Waals surface area contributed by atoms with Gasteiger partial charge in [0.2, 0.25) is 11.2 Å². The van der Waals surface area contributed by atoms with Crippen LogP contribution in [0.3, 0.4) is 0 Å². The zero-order valence-electron chi connectivity index (χ0n) is 9.78. The van der Waals surface area contributed by atoms with E-state index < -0.39 is 11.4 Å². The number of ether oxygens (including phenoxy) is 1. The van der Waals surface area contributed by atoms with Gasteiger partial charge in [-0.1, -0.05) is 12.1 Å². The summed E-state index contributed by atoms with van der Waals surface area (Å²) in [6.45, 7) is 0. The zero-order chi connectivity index (χ0) is 13.7. The van der Waals surface area contributed by atoms with Crippen LogP contribution in [0.15, 0.2) is 58.1 Å². The van der Waals surface area contributed by atoms with Gasteiger partial charge < -0.3 is 14.3 Å². The van der Waals surface area contributed by atoms with E-state index in [0.29, 0.717) is 0 Å². The standard InChI is InChI=1S/C14H10O5/c15-11-4-1-10(2-5-11)3-6-14(17)19-13-9-18-8-7-12(13)16/h1-9,15H. The Morgan fingerprint density at radius 2 is 1.95 bits per heavy atom. The van der Waals surface area contributed by atoms with E-state index in [1.165, 1.54) is 30.5 Å². The van der Waals surface area contributed by atoms with Gasteiger partial charge in [-0.15, -0.1) is 0 Å². The zero-order valence-corrected chi connectivity index (χ0v) is 9.78. The van der Waals surface area contributed by atoms with E-state index in [-0.39, 0.29) is 11.5 Å². The molecule has 0 atom stereocenters. The molecule has 2 rings (SSSR count). The molecule has 0 spiro atoms. The maximum atomic E-state index is 11.5. The van der Waals surface area contributed by atoms with Crippen LogP contribution in [-0.2, 0) is 4.79 Å². The van der Waals surface area contributed by atoms with Crippen molar-refractivity contribution in [2.24, 2.45) is 0 Å². The van der Waals surface area contributed by atoms with E-state index in [9.17, 15) is 9.59 Å². The number of carbonyl (C=O) groups excluding carboxylic acids is 1. The SMILES string of the molecule is O=C(C=Cc1ccc(O)cc1)Oc1coccc1=O. The fraction of sp³-hybridized carbons (Fsp3) is 0. The van der Waals surface area contributed by atoms with Gasteiger partial charge >= 0.3 is 5.97 Å². The largest absolute Gasteiger partial charge is 0.508 e. The molecule has 5 heteroatoms. The van der Waals surface area contributed by atoms with Gasteiger partial charge in [0.25, 0.3) is 0 Å². The molecule has 19 heavy (non-hydrogen) atoms. The van der Waals surface area contributed by atoms with Gasteiger partial charge in [0.15, 0.2) is 0 Å². The maximum absolute atomic E-state index is 11.5. The van der Waals surface area contributed by atoms with Crippen LogP contribution in [0.5, 0.6) is 11.5 Å². The van der Waals surface area contributed by atoms with Crippen molar-refractivity contribution >= 4 is 12.0 Å². The second-order valence-electron chi connectivity index (χ2n) is 3.63. The molecule has 5 nitrogen and oxygen atoms in total. The highest BCUT2D eigenvalue weighted by atomic mass is 16.5. The molecule has 0 aliphatic heterocycles. The predicted octanol–water partition coefficient (Wildman–Crippen LogP) is 1.96. The summed E-state index contributed by atoms with van der Waals surface area (Å²) < 4.78 is 9.55. The number of hydrogen-bond donors (Lipinski definition) is 1. The Kier molecular flexibility index (Phi) is 3.78. The molecule has 0 bridgehead atoms. The Labute approximate surface area is 108 Å². The number of aromatic hydroxyl groups is 1. The van der Waals surface area contributed by atoms with Crippen molar-refractivity contribution in [2.75, 3.05) is 0 Å². The molecule has 0 saturated heterocycles. The molecule has 0 fully saturated rings. The number of esters is 1. The van der Waals surface area contributed by atoms with Crippen LogP contribution in [0.2, 0.25) is 0 Å². The minimum atomic E-state index is -0.688. The molecule has 1 aromatic heterocycles. The van der Waals surface area contributed by atoms with Gasteiger partial charge in [-0.25, -0.2) is 4.79 Å². The summed E-state index contributed by atoms with van der Waals surface area (Å²) in [5.41, 5.74) is 0.285. The topological polar surface area (TPSA) is 76.7 Å². The highest BCUT2D eigenvalue weighted by molar-refractivity contribution is 5.88. The molecule has 96 valence electrons. The summed E-state index contributed by atoms with van der Waals surface area (Å²) in [7, 11) is 0. The monoisotopic (exact) mass is 258 g/mol. The molecular formula is C14H10O5. The predicted molar refractivity (Wildman–Crippen MR) is 67.8 cm³/mol. The Hall–Kier alpha value is -2.82. The van der Waals surface area contributed by atoms with Crippen LogP contribution < -0.4 is 10.2 Å². The van der Waals surface area contributed by atoms with Crippen molar-refractivity contribution in [3.63, 3.8) is 0 Å². The number of phenolic OH excluding ortho intramolecular Hbond substituents is 1. The van der Waals surface area contributed by atoms with Gasteiger partial charge in [0, 0.05) is 12.1 Å². The Morgan fingerprint density at radius 3 is 2.63 bits per heavy atom. The van der Waals surface area contributed by atoms with Crippen molar-refractivity contribution in [1.82, 2.24) is 0 Å². The number of phenols is 1. The molecule has 1 aromatic carbocycles. The molecule has 2 aromatic rings. The molecular weight excluding hydrogens is 248 g/mol. The van der Waals surface area contributed by atoms with Gasteiger partial charge in [0.1, 0.15) is 12.0 Å². The van der Waals surface area contributed by atoms with Gasteiger partial charge in [-0.05, 0) is 23.8 Å². The molecule has 0 amide bonds. The fourth-order valence-corrected chi connectivity index (χ4v) is 1.31. The molecule has 0 aliphatic rings. The number of hydrogen-bond acceptors (Lipinski definition) is 5. The summed E-state index contributed by atoms with van der Waals surface area (Å²) in [6.07, 6.45) is 4.95. The first-order valence-electron chi connectivity index (χ1n) is 5.40. The Bertz CT molecular complexity index is 652. The second-order valence-corrected chi connectivity index (χ2v) is 3.63. The molecule has 0 saturated carbocycles. The van der Waals surface area contributed by atoms with Crippen molar-refractivity contribution < 1.29 is 19.1 Å². The van der Waals surface area contributed by atoms with E-state index in [4.69, 9.17) is 14.3 Å². The van der Waals surface area contributed by atoms with Crippen LogP contribution in [0.4, 0.5) is 0 Å². The van der Waals surface area contributed by atoms with Gasteiger partial charge in [0.05, 0.1) is 6.26 Å². The second kappa shape index (κ2) is 5.68. The average Bonchev–Trinajstić information content (AvgIpc) is 2.41. The lowest BCUT2D eigenvalue weighted by Crippen LogP contribution is -2.11. The minimum absolute atomic E-state index is 0.140. The van der Waals surface area contributed by atoms with Crippen molar-refractivity contribution in [3.8, 4) is 11.5 Å². The Morgan fingerprint density at radius 1 is 1.21 bits per heavy atom. The van der Waals surface area contributed by atoms with Crippen molar-refractivity contribution in [1.29, 1.82) is 0 Å². The first-order valence-corrected chi connectivity index (χ1v) is 5.40. The first kappa shape index (κ1) is 12.6. The molecule has 0 aliphatic carbocycles. The van der Waals surface area contributed by atoms with Crippen LogP contribution in [-0.4, -0.2) is 11.1 Å². The van der Waals surface area contributed by atoms with Crippen molar-refractivity contribution in [3.05, 3.63) is 64.7 Å². The highest BCUT2D eigenvalue weighted by Crippen LogP contribution is 2.11. The summed E-state index contributed by atoms with van der Waals surface area (Å²) in [6, 6.07) is 7.42. The third-order valence-corrected chi connectivity index (χ3v) is 2.23. The smallest absolute Gasteiger partial charge is 0.336 e. The van der Waals surface area contributed by atoms with Gasteiger partial charge in [-0.3, -0.25) is 4.79 Å². The number of carbonyl (C=O) groups is 1. The third kappa shape index (κ3) is 3.57. The van der Waals surface area contributed by atoms with E-state index >= 15 is 0 Å². The lowest BCUT2D eigenvalue weighted by atomic mass is 10.2. The highest BCUT2D eigenvalue weighted by Gasteiger charge is 2.04. The minimum Gasteiger partial charge on any atom is -0.508 e. The number of benzene rings is 1. The molecule has 0 unspecified atom stereocenters. The van der Waals surface area contributed by atoms with Gasteiger partial charge in [-0.2, -0.15) is 0 Å². The van der Waals surface area contributed by atoms with E-state index in [2.05, 4.69) is 0 Å². The third-order valence-electron chi connectivity index (χ3n) is 2.23. The lowest BCUT2D eigenvalue weighted by molar-refractivity contribution is -0.129. The quantitative estimate of drug-likeness (QED) is 0.672. The first-order chi connectivity index (χ1) is 9.15. The van der Waals surface area contributed by atoms with Crippen LogP contribution in [0.25, 0.3) is 6.08 Å².